The van der Waals surface area contributed by atoms with Gasteiger partial charge in [-0.3, -0.25) is 4.79 Å². The topological polar surface area (TPSA) is 43.4 Å². The highest BCUT2D eigenvalue weighted by atomic mass is 16.5. The van der Waals surface area contributed by atoms with Gasteiger partial charge in [-0.25, -0.2) is 4.79 Å². The number of rotatable bonds is 2. The molecule has 1 aromatic carbocycles. The number of ketones is 1. The summed E-state index contributed by atoms with van der Waals surface area (Å²) in [5, 5.41) is 0. The van der Waals surface area contributed by atoms with E-state index in [1.165, 1.54) is 16.7 Å². The van der Waals surface area contributed by atoms with Crippen molar-refractivity contribution in [1.82, 2.24) is 0 Å². The highest BCUT2D eigenvalue weighted by molar-refractivity contribution is 5.93. The van der Waals surface area contributed by atoms with Crippen LogP contribution < -0.4 is 0 Å². The van der Waals surface area contributed by atoms with Crippen molar-refractivity contribution >= 4 is 11.8 Å². The summed E-state index contributed by atoms with van der Waals surface area (Å²) in [6.07, 6.45) is 12.0. The Morgan fingerprint density at radius 3 is 2.71 bits per heavy atom. The van der Waals surface area contributed by atoms with Crippen molar-refractivity contribution in [2.45, 2.75) is 51.6 Å². The lowest BCUT2D eigenvalue weighted by Crippen LogP contribution is -2.40. The summed E-state index contributed by atoms with van der Waals surface area (Å²) in [7, 11) is 0. The molecule has 0 amide bonds. The van der Waals surface area contributed by atoms with E-state index >= 15 is 0 Å². The average molecular weight is 374 g/mol. The minimum Gasteiger partial charge on any atom is -0.458 e. The van der Waals surface area contributed by atoms with Crippen LogP contribution in [0.2, 0.25) is 0 Å². The van der Waals surface area contributed by atoms with Crippen LogP contribution in [0.3, 0.4) is 0 Å². The van der Waals surface area contributed by atoms with Gasteiger partial charge < -0.3 is 4.74 Å². The van der Waals surface area contributed by atoms with E-state index in [-0.39, 0.29) is 23.3 Å². The molecule has 0 spiro atoms. The minimum atomic E-state index is -0.218. The van der Waals surface area contributed by atoms with Gasteiger partial charge in [0.25, 0.3) is 0 Å². The predicted octanol–water partition coefficient (Wildman–Crippen LogP) is 5.19. The fourth-order valence-electron chi connectivity index (χ4n) is 5.93. The molecule has 0 aromatic heterocycles. The maximum absolute atomic E-state index is 12.6. The van der Waals surface area contributed by atoms with E-state index in [1.807, 2.05) is 36.4 Å². The number of hydrogen-bond donors (Lipinski definition) is 0. The molecule has 1 fully saturated rings. The van der Waals surface area contributed by atoms with Crippen LogP contribution in [0.1, 0.15) is 55.8 Å². The molecule has 4 atom stereocenters. The molecule has 4 aliphatic rings. The normalized spacial score (nSPS) is 33.7. The number of carbonyl (C=O) groups is 2. The minimum absolute atomic E-state index is 0.0714. The maximum atomic E-state index is 12.6. The number of ether oxygens (including phenoxy) is 1. The van der Waals surface area contributed by atoms with Crippen molar-refractivity contribution < 1.29 is 14.3 Å². The van der Waals surface area contributed by atoms with Crippen LogP contribution in [-0.4, -0.2) is 17.9 Å². The van der Waals surface area contributed by atoms with Crippen LogP contribution in [0.25, 0.3) is 0 Å². The van der Waals surface area contributed by atoms with Crippen LogP contribution in [-0.2, 0) is 9.53 Å². The third kappa shape index (κ3) is 2.71. The van der Waals surface area contributed by atoms with Crippen LogP contribution >= 0.6 is 0 Å². The Kier molecular flexibility index (Phi) is 4.15. The Hall–Kier alpha value is -2.42. The summed E-state index contributed by atoms with van der Waals surface area (Å²) in [6.45, 7) is 2.27. The summed E-state index contributed by atoms with van der Waals surface area (Å²) in [5.41, 5.74) is 4.64. The second-order valence-corrected chi connectivity index (χ2v) is 8.86. The number of fused-ring (bicyclic) bond motifs is 4. The van der Waals surface area contributed by atoms with E-state index in [4.69, 9.17) is 4.74 Å². The zero-order chi connectivity index (χ0) is 19.3. The van der Waals surface area contributed by atoms with Gasteiger partial charge in [-0.05, 0) is 78.9 Å². The number of carbonyl (C=O) groups excluding carboxylic acids is 2. The molecule has 3 nitrogen and oxygen atoms in total. The SMILES string of the molecule is C[C@]12C=CC3=C4CCC(=O)C=C4CC[C@H]3[C@@H]1CC[C@@H]2OC(=O)c1ccccc1. The molecule has 0 saturated heterocycles. The van der Waals surface area contributed by atoms with Gasteiger partial charge in [0.1, 0.15) is 6.10 Å². The van der Waals surface area contributed by atoms with E-state index in [9.17, 15) is 9.59 Å². The molecule has 0 N–H and O–H groups in total. The Morgan fingerprint density at radius 1 is 1.07 bits per heavy atom. The third-order valence-electron chi connectivity index (χ3n) is 7.42. The fraction of sp³-hybridized carbons (Fsp3) is 0.440. The van der Waals surface area contributed by atoms with E-state index in [0.717, 1.165) is 32.1 Å². The lowest BCUT2D eigenvalue weighted by Gasteiger charge is -2.45. The van der Waals surface area contributed by atoms with Crippen molar-refractivity contribution in [2.24, 2.45) is 17.3 Å². The molecular formula is C25H26O3. The first-order valence-electron chi connectivity index (χ1n) is 10.5. The molecule has 1 aromatic rings. The van der Waals surface area contributed by atoms with Gasteiger partial charge in [0, 0.05) is 11.8 Å². The van der Waals surface area contributed by atoms with Gasteiger partial charge in [-0.2, -0.15) is 0 Å². The quantitative estimate of drug-likeness (QED) is 0.669. The highest BCUT2D eigenvalue weighted by Gasteiger charge is 2.53. The smallest absolute Gasteiger partial charge is 0.338 e. The Bertz CT molecular complexity index is 920. The van der Waals surface area contributed by atoms with Crippen molar-refractivity contribution in [3.8, 4) is 0 Å². The Labute approximate surface area is 166 Å². The van der Waals surface area contributed by atoms with Crippen molar-refractivity contribution in [1.29, 1.82) is 0 Å². The monoisotopic (exact) mass is 374 g/mol. The molecule has 144 valence electrons. The maximum Gasteiger partial charge on any atom is 0.338 e. The van der Waals surface area contributed by atoms with E-state index < -0.39 is 0 Å². The largest absolute Gasteiger partial charge is 0.458 e. The molecule has 0 bridgehead atoms. The van der Waals surface area contributed by atoms with Gasteiger partial charge in [-0.1, -0.05) is 37.3 Å². The number of esters is 1. The van der Waals surface area contributed by atoms with Gasteiger partial charge in [0.2, 0.25) is 0 Å². The van der Waals surface area contributed by atoms with Crippen molar-refractivity contribution in [2.75, 3.05) is 0 Å². The lowest BCUT2D eigenvalue weighted by atomic mass is 9.60. The Balaban J connectivity index is 1.44. The molecule has 28 heavy (non-hydrogen) atoms. The number of allylic oxidation sites excluding steroid dienone is 5. The molecule has 3 heteroatoms. The highest BCUT2D eigenvalue weighted by Crippen LogP contribution is 2.58. The zero-order valence-corrected chi connectivity index (χ0v) is 16.3. The molecule has 1 saturated carbocycles. The second-order valence-electron chi connectivity index (χ2n) is 8.86. The lowest BCUT2D eigenvalue weighted by molar-refractivity contribution is -0.114. The van der Waals surface area contributed by atoms with E-state index in [2.05, 4.69) is 19.1 Å². The summed E-state index contributed by atoms with van der Waals surface area (Å²) in [6, 6.07) is 9.28. The molecule has 0 unspecified atom stereocenters. The standard InChI is InChI=1S/C25H26O3/c1-25-14-13-20-19-10-8-18(26)15-17(19)7-9-21(20)22(25)11-12-23(25)28-24(27)16-5-3-2-4-6-16/h2-6,13-15,21-23H,7-12H2,1H3/t21-,22+,23+,25+/m1/s1. The number of hydrogen-bond acceptors (Lipinski definition) is 3. The van der Waals surface area contributed by atoms with E-state index in [0.29, 0.717) is 23.8 Å². The molecular weight excluding hydrogens is 348 g/mol. The molecule has 0 heterocycles. The van der Waals surface area contributed by atoms with Gasteiger partial charge in [-0.15, -0.1) is 0 Å². The van der Waals surface area contributed by atoms with Crippen molar-refractivity contribution in [3.05, 3.63) is 70.8 Å². The fourth-order valence-corrected chi connectivity index (χ4v) is 5.93. The summed E-state index contributed by atoms with van der Waals surface area (Å²) >= 11 is 0. The summed E-state index contributed by atoms with van der Waals surface area (Å²) < 4.78 is 6.01. The first kappa shape index (κ1) is 17.7. The van der Waals surface area contributed by atoms with Gasteiger partial charge in [0.05, 0.1) is 5.56 Å². The third-order valence-corrected chi connectivity index (χ3v) is 7.42. The zero-order valence-electron chi connectivity index (χ0n) is 16.3. The first-order valence-corrected chi connectivity index (χ1v) is 10.5. The summed E-state index contributed by atoms with van der Waals surface area (Å²) in [4.78, 5) is 24.4. The predicted molar refractivity (Wildman–Crippen MR) is 108 cm³/mol. The van der Waals surface area contributed by atoms with Crippen LogP contribution in [0.5, 0.6) is 0 Å². The Morgan fingerprint density at radius 2 is 1.89 bits per heavy atom. The number of benzene rings is 1. The molecule has 4 aliphatic carbocycles. The van der Waals surface area contributed by atoms with Crippen molar-refractivity contribution in [3.63, 3.8) is 0 Å². The summed E-state index contributed by atoms with van der Waals surface area (Å²) in [5.74, 6) is 1.09. The second kappa shape index (κ2) is 6.58. The van der Waals surface area contributed by atoms with Gasteiger partial charge in [0.15, 0.2) is 5.78 Å². The first-order chi connectivity index (χ1) is 13.6. The molecule has 0 radical (unpaired) electrons. The van der Waals surface area contributed by atoms with Crippen LogP contribution in [0, 0.1) is 17.3 Å². The molecule has 5 rings (SSSR count). The van der Waals surface area contributed by atoms with Gasteiger partial charge >= 0.3 is 5.97 Å². The average Bonchev–Trinajstić information content (AvgIpc) is 3.04. The van der Waals surface area contributed by atoms with Crippen LogP contribution in [0.4, 0.5) is 0 Å². The van der Waals surface area contributed by atoms with Crippen LogP contribution in [0.15, 0.2) is 65.3 Å². The molecule has 0 aliphatic heterocycles. The van der Waals surface area contributed by atoms with E-state index in [1.54, 1.807) is 0 Å².